The van der Waals surface area contributed by atoms with E-state index in [1.54, 1.807) is 29.1 Å². The van der Waals surface area contributed by atoms with Gasteiger partial charge in [0.15, 0.2) is 0 Å². The van der Waals surface area contributed by atoms with Crippen molar-refractivity contribution in [3.05, 3.63) is 65.5 Å². The number of carbonyl (C=O) groups is 2. The number of carboxylic acids is 1. The van der Waals surface area contributed by atoms with Gasteiger partial charge in [0.2, 0.25) is 0 Å². The van der Waals surface area contributed by atoms with Crippen molar-refractivity contribution in [2.24, 2.45) is 16.7 Å². The van der Waals surface area contributed by atoms with Gasteiger partial charge in [0.1, 0.15) is 0 Å². The van der Waals surface area contributed by atoms with E-state index in [1.807, 2.05) is 0 Å². The van der Waals surface area contributed by atoms with Crippen LogP contribution in [0.3, 0.4) is 0 Å². The van der Waals surface area contributed by atoms with Crippen LogP contribution in [-0.2, 0) is 17.5 Å². The highest BCUT2D eigenvalue weighted by atomic mass is 19.4. The van der Waals surface area contributed by atoms with E-state index < -0.39 is 23.6 Å². The average molecular weight is 455 g/mol. The van der Waals surface area contributed by atoms with Gasteiger partial charge in [-0.25, -0.2) is 0 Å². The fraction of sp³-hybridized carbons (Fsp3) is 0.375. The zero-order valence-corrected chi connectivity index (χ0v) is 17.4. The zero-order valence-electron chi connectivity index (χ0n) is 17.4. The molecular formula is C24H20F3N3O3. The van der Waals surface area contributed by atoms with E-state index in [2.05, 4.69) is 10.3 Å². The van der Waals surface area contributed by atoms with E-state index in [-0.39, 0.29) is 29.3 Å². The summed E-state index contributed by atoms with van der Waals surface area (Å²) in [7, 11) is 0. The van der Waals surface area contributed by atoms with E-state index >= 15 is 0 Å². The Morgan fingerprint density at radius 3 is 2.55 bits per heavy atom. The van der Waals surface area contributed by atoms with Crippen molar-refractivity contribution in [2.75, 3.05) is 0 Å². The standard InChI is InChI=1S/C24H20F3N3O3/c25-24(26,27)14-3-1-13(2-4-14)11-30-8-6-17-19(30)15(5-7-28-17)20(31)29-18-10-22-9-16(21(32)33)23(18,22)12-22/h1-8,16,18H,9-12H2,(H,29,31)(H,32,33)/t16-,18?,22?,23?/m1/s1. The number of carbonyl (C=O) groups excluding carboxylic acids is 1. The number of benzene rings is 1. The van der Waals surface area contributed by atoms with Crippen molar-refractivity contribution < 1.29 is 27.9 Å². The Balaban J connectivity index is 1.25. The van der Waals surface area contributed by atoms with Gasteiger partial charge in [-0.2, -0.15) is 13.2 Å². The summed E-state index contributed by atoms with van der Waals surface area (Å²) in [6, 6.07) is 8.16. The lowest BCUT2D eigenvalue weighted by Crippen LogP contribution is -2.63. The highest BCUT2D eigenvalue weighted by molar-refractivity contribution is 6.05. The third-order valence-electron chi connectivity index (χ3n) is 8.06. The highest BCUT2D eigenvalue weighted by Gasteiger charge is 2.90. The molecule has 0 radical (unpaired) electrons. The molecule has 3 aliphatic rings. The Morgan fingerprint density at radius 2 is 1.91 bits per heavy atom. The van der Waals surface area contributed by atoms with Gasteiger partial charge < -0.3 is 15.0 Å². The molecule has 170 valence electrons. The monoisotopic (exact) mass is 455 g/mol. The van der Waals surface area contributed by atoms with E-state index in [9.17, 15) is 27.9 Å². The molecule has 1 amide bonds. The lowest BCUT2D eigenvalue weighted by molar-refractivity contribution is -0.161. The average Bonchev–Trinajstić information content (AvgIpc) is 3.09. The van der Waals surface area contributed by atoms with Gasteiger partial charge in [-0.1, -0.05) is 12.1 Å². The number of rotatable bonds is 5. The van der Waals surface area contributed by atoms with Gasteiger partial charge >= 0.3 is 12.1 Å². The Kier molecular flexibility index (Phi) is 3.91. The molecule has 3 saturated carbocycles. The molecule has 2 heterocycles. The smallest absolute Gasteiger partial charge is 0.416 e. The minimum atomic E-state index is -4.39. The van der Waals surface area contributed by atoms with Crippen LogP contribution in [0.5, 0.6) is 0 Å². The molecule has 2 aromatic heterocycles. The van der Waals surface area contributed by atoms with Crippen LogP contribution in [0, 0.1) is 16.7 Å². The third kappa shape index (κ3) is 2.71. The molecular weight excluding hydrogens is 435 g/mol. The predicted molar refractivity (Wildman–Crippen MR) is 111 cm³/mol. The number of fused-ring (bicyclic) bond motifs is 1. The van der Waals surface area contributed by atoms with Gasteiger partial charge in [0, 0.05) is 30.4 Å². The molecule has 3 aliphatic carbocycles. The highest BCUT2D eigenvalue weighted by Crippen LogP contribution is 2.90. The van der Waals surface area contributed by atoms with Crippen molar-refractivity contribution >= 4 is 22.9 Å². The number of hydrogen-bond acceptors (Lipinski definition) is 3. The first-order valence-electron chi connectivity index (χ1n) is 10.8. The molecule has 3 fully saturated rings. The first-order chi connectivity index (χ1) is 15.6. The van der Waals surface area contributed by atoms with Gasteiger partial charge in [0.05, 0.1) is 28.1 Å². The second kappa shape index (κ2) is 6.36. The second-order valence-corrected chi connectivity index (χ2v) is 9.55. The lowest BCUT2D eigenvalue weighted by atomic mass is 9.50. The predicted octanol–water partition coefficient (Wildman–Crippen LogP) is 4.09. The Labute approximate surface area is 186 Å². The first kappa shape index (κ1) is 20.3. The molecule has 33 heavy (non-hydrogen) atoms. The summed E-state index contributed by atoms with van der Waals surface area (Å²) >= 11 is 0. The van der Waals surface area contributed by atoms with Crippen LogP contribution in [0.25, 0.3) is 11.0 Å². The molecule has 4 atom stereocenters. The number of amides is 1. The maximum atomic E-state index is 13.2. The molecule has 9 heteroatoms. The minimum Gasteiger partial charge on any atom is -0.481 e. The number of aromatic nitrogens is 2. The zero-order chi connectivity index (χ0) is 23.2. The summed E-state index contributed by atoms with van der Waals surface area (Å²) in [5.74, 6) is -1.47. The summed E-state index contributed by atoms with van der Waals surface area (Å²) in [4.78, 5) is 29.1. The van der Waals surface area contributed by atoms with Crippen molar-refractivity contribution in [1.82, 2.24) is 14.9 Å². The van der Waals surface area contributed by atoms with Crippen molar-refractivity contribution in [2.45, 2.75) is 38.0 Å². The SMILES string of the molecule is O=C(NC1CC23C[C@H](C(=O)O)C12C3)c1ccnc2ccn(Cc3ccc(C(F)(F)F)cc3)c12. The minimum absolute atomic E-state index is 0.115. The number of carboxylic acid groups (broad SMARTS) is 1. The van der Waals surface area contributed by atoms with Crippen molar-refractivity contribution in [1.29, 1.82) is 0 Å². The molecule has 2 N–H and O–H groups in total. The summed E-state index contributed by atoms with van der Waals surface area (Å²) < 4.78 is 40.3. The van der Waals surface area contributed by atoms with Crippen LogP contribution in [0.1, 0.15) is 40.7 Å². The van der Waals surface area contributed by atoms with Gasteiger partial charge in [0.25, 0.3) is 5.91 Å². The summed E-state index contributed by atoms with van der Waals surface area (Å²) in [5.41, 5.74) is 1.39. The number of nitrogens with one attached hydrogen (secondary N) is 1. The quantitative estimate of drug-likeness (QED) is 0.607. The van der Waals surface area contributed by atoms with Crippen LogP contribution in [0.4, 0.5) is 13.2 Å². The Hall–Kier alpha value is -3.36. The first-order valence-corrected chi connectivity index (χ1v) is 10.8. The van der Waals surface area contributed by atoms with Crippen LogP contribution in [0.2, 0.25) is 0 Å². The van der Waals surface area contributed by atoms with Crippen LogP contribution < -0.4 is 5.32 Å². The van der Waals surface area contributed by atoms with Crippen LogP contribution in [0.15, 0.2) is 48.8 Å². The molecule has 3 unspecified atom stereocenters. The summed E-state index contributed by atoms with van der Waals surface area (Å²) in [5, 5.41) is 12.5. The Morgan fingerprint density at radius 1 is 1.15 bits per heavy atom. The summed E-state index contributed by atoms with van der Waals surface area (Å²) in [6.07, 6.45) is 1.27. The molecule has 0 saturated heterocycles. The number of pyridine rings is 1. The van der Waals surface area contributed by atoms with Gasteiger partial charge in [-0.3, -0.25) is 14.6 Å². The summed E-state index contributed by atoms with van der Waals surface area (Å²) in [6.45, 7) is 0.283. The number of alkyl halides is 3. The third-order valence-corrected chi connectivity index (χ3v) is 8.06. The lowest BCUT2D eigenvalue weighted by Gasteiger charge is -2.56. The normalized spacial score (nSPS) is 29.4. The maximum Gasteiger partial charge on any atom is 0.416 e. The number of halogens is 3. The van der Waals surface area contributed by atoms with E-state index in [1.165, 1.54) is 12.1 Å². The fourth-order valence-corrected chi connectivity index (χ4v) is 6.40. The molecule has 6 rings (SSSR count). The van der Waals surface area contributed by atoms with E-state index in [4.69, 9.17) is 0 Å². The largest absolute Gasteiger partial charge is 0.481 e. The maximum absolute atomic E-state index is 13.2. The van der Waals surface area contributed by atoms with Crippen LogP contribution in [-0.4, -0.2) is 32.6 Å². The van der Waals surface area contributed by atoms with Gasteiger partial charge in [-0.15, -0.1) is 0 Å². The number of nitrogens with zero attached hydrogens (tertiary/aromatic N) is 2. The Bertz CT molecular complexity index is 1320. The van der Waals surface area contributed by atoms with Crippen molar-refractivity contribution in [3.8, 4) is 0 Å². The number of hydrogen-bond donors (Lipinski definition) is 2. The second-order valence-electron chi connectivity index (χ2n) is 9.55. The van der Waals surface area contributed by atoms with Crippen LogP contribution >= 0.6 is 0 Å². The van der Waals surface area contributed by atoms with E-state index in [0.29, 0.717) is 28.6 Å². The molecule has 3 aromatic rings. The molecule has 1 aromatic carbocycles. The van der Waals surface area contributed by atoms with E-state index in [0.717, 1.165) is 25.0 Å². The number of aliphatic carboxylic acids is 1. The molecule has 6 nitrogen and oxygen atoms in total. The van der Waals surface area contributed by atoms with Gasteiger partial charge in [-0.05, 0) is 54.5 Å². The molecule has 0 aliphatic heterocycles. The van der Waals surface area contributed by atoms with Crippen molar-refractivity contribution in [3.63, 3.8) is 0 Å². The molecule has 0 bridgehead atoms. The fourth-order valence-electron chi connectivity index (χ4n) is 6.40. The molecule has 0 spiro atoms. The topological polar surface area (TPSA) is 84.2 Å².